The van der Waals surface area contributed by atoms with E-state index in [1.165, 1.54) is 0 Å². The first kappa shape index (κ1) is 13.9. The van der Waals surface area contributed by atoms with E-state index >= 15 is 0 Å². The van der Waals surface area contributed by atoms with E-state index in [0.29, 0.717) is 13.0 Å². The Kier molecular flexibility index (Phi) is 5.91. The molecular formula is C13H16BrNO2. The summed E-state index contributed by atoms with van der Waals surface area (Å²) in [4.78, 5) is 23.9. The molecule has 0 fully saturated rings. The number of benzene rings is 1. The molecule has 1 amide bonds. The first-order chi connectivity index (χ1) is 8.20. The molecule has 0 unspecified atom stereocenters. The quantitative estimate of drug-likeness (QED) is 0.598. The van der Waals surface area contributed by atoms with Gasteiger partial charge in [-0.1, -0.05) is 46.3 Å². The highest BCUT2D eigenvalue weighted by molar-refractivity contribution is 9.09. The van der Waals surface area contributed by atoms with Crippen LogP contribution in [-0.4, -0.2) is 29.0 Å². The molecule has 0 aromatic heterocycles. The van der Waals surface area contributed by atoms with Crippen LogP contribution in [0.1, 0.15) is 24.9 Å². The van der Waals surface area contributed by atoms with Crippen molar-refractivity contribution in [2.75, 3.05) is 11.9 Å². The van der Waals surface area contributed by atoms with E-state index in [4.69, 9.17) is 0 Å². The number of rotatable bonds is 6. The van der Waals surface area contributed by atoms with Crippen LogP contribution in [0.25, 0.3) is 0 Å². The summed E-state index contributed by atoms with van der Waals surface area (Å²) < 4.78 is 0. The normalized spacial score (nSPS) is 11.9. The van der Waals surface area contributed by atoms with Gasteiger partial charge in [-0.3, -0.25) is 4.79 Å². The molecule has 3 nitrogen and oxygen atoms in total. The average molecular weight is 298 g/mol. The van der Waals surface area contributed by atoms with Crippen molar-refractivity contribution in [3.63, 3.8) is 0 Å². The van der Waals surface area contributed by atoms with Crippen LogP contribution in [0.15, 0.2) is 30.3 Å². The highest BCUT2D eigenvalue weighted by atomic mass is 79.9. The Hall–Kier alpha value is -1.16. The summed E-state index contributed by atoms with van der Waals surface area (Å²) in [7, 11) is 0. The van der Waals surface area contributed by atoms with Crippen molar-refractivity contribution >= 4 is 28.1 Å². The molecule has 1 aromatic rings. The van der Waals surface area contributed by atoms with Crippen molar-refractivity contribution in [1.82, 2.24) is 4.90 Å². The zero-order valence-electron chi connectivity index (χ0n) is 9.80. The molecule has 92 valence electrons. The maximum atomic E-state index is 11.8. The Morgan fingerprint density at radius 3 is 2.59 bits per heavy atom. The zero-order valence-corrected chi connectivity index (χ0v) is 11.4. The lowest BCUT2D eigenvalue weighted by atomic mass is 10.1. The second-order valence-corrected chi connectivity index (χ2v) is 4.32. The fourth-order valence-electron chi connectivity index (χ4n) is 1.71. The van der Waals surface area contributed by atoms with Crippen LogP contribution in [0, 0.1) is 0 Å². The van der Waals surface area contributed by atoms with Crippen LogP contribution < -0.4 is 0 Å². The fourth-order valence-corrected chi connectivity index (χ4v) is 2.04. The van der Waals surface area contributed by atoms with Crippen LogP contribution in [0.2, 0.25) is 0 Å². The van der Waals surface area contributed by atoms with Crippen LogP contribution in [0.5, 0.6) is 0 Å². The van der Waals surface area contributed by atoms with E-state index in [-0.39, 0.29) is 17.3 Å². The minimum Gasteiger partial charge on any atom is -0.335 e. The van der Waals surface area contributed by atoms with Gasteiger partial charge in [0.2, 0.25) is 5.91 Å². The number of hydrogen-bond donors (Lipinski definition) is 0. The molecule has 4 heteroatoms. The summed E-state index contributed by atoms with van der Waals surface area (Å²) in [6.45, 7) is 2.44. The van der Waals surface area contributed by atoms with Crippen molar-refractivity contribution in [3.05, 3.63) is 35.9 Å². The Morgan fingerprint density at radius 1 is 1.41 bits per heavy atom. The number of amides is 1. The van der Waals surface area contributed by atoms with Crippen molar-refractivity contribution in [3.8, 4) is 0 Å². The Bertz CT molecular complexity index is 367. The van der Waals surface area contributed by atoms with Crippen molar-refractivity contribution in [1.29, 1.82) is 0 Å². The number of hydrogen-bond acceptors (Lipinski definition) is 2. The van der Waals surface area contributed by atoms with Crippen LogP contribution in [0.3, 0.4) is 0 Å². The molecule has 17 heavy (non-hydrogen) atoms. The van der Waals surface area contributed by atoms with E-state index in [1.54, 1.807) is 4.90 Å². The topological polar surface area (TPSA) is 37.4 Å². The van der Waals surface area contributed by atoms with Crippen molar-refractivity contribution in [2.45, 2.75) is 19.4 Å². The number of halogens is 1. The largest absolute Gasteiger partial charge is 0.335 e. The maximum absolute atomic E-state index is 11.8. The van der Waals surface area contributed by atoms with Gasteiger partial charge in [-0.2, -0.15) is 0 Å². The van der Waals surface area contributed by atoms with Gasteiger partial charge in [-0.15, -0.1) is 0 Å². The molecule has 0 spiro atoms. The zero-order chi connectivity index (χ0) is 12.7. The van der Waals surface area contributed by atoms with Gasteiger partial charge in [-0.25, -0.2) is 0 Å². The lowest BCUT2D eigenvalue weighted by Crippen LogP contribution is -2.35. The molecule has 0 saturated carbocycles. The Morgan fingerprint density at radius 2 is 2.06 bits per heavy atom. The number of aldehydes is 1. The summed E-state index contributed by atoms with van der Waals surface area (Å²) in [5.74, 6) is 0.00297. The summed E-state index contributed by atoms with van der Waals surface area (Å²) >= 11 is 3.17. The lowest BCUT2D eigenvalue weighted by Gasteiger charge is -2.28. The van der Waals surface area contributed by atoms with Gasteiger partial charge >= 0.3 is 0 Å². The number of nitrogens with zero attached hydrogens (tertiary/aromatic N) is 1. The molecule has 0 N–H and O–H groups in total. The van der Waals surface area contributed by atoms with E-state index < -0.39 is 0 Å². The van der Waals surface area contributed by atoms with Gasteiger partial charge in [0.1, 0.15) is 6.29 Å². The second kappa shape index (κ2) is 7.22. The summed E-state index contributed by atoms with van der Waals surface area (Å²) in [5.41, 5.74) is 1.08. The monoisotopic (exact) mass is 297 g/mol. The molecule has 1 atom stereocenters. The lowest BCUT2D eigenvalue weighted by molar-refractivity contribution is -0.130. The highest BCUT2D eigenvalue weighted by Gasteiger charge is 2.19. The van der Waals surface area contributed by atoms with Crippen molar-refractivity contribution < 1.29 is 9.59 Å². The third-order valence-electron chi connectivity index (χ3n) is 2.67. The van der Waals surface area contributed by atoms with E-state index in [0.717, 1.165) is 11.8 Å². The molecule has 0 aliphatic heterocycles. The van der Waals surface area contributed by atoms with Gasteiger partial charge in [0.05, 0.1) is 11.4 Å². The Balaban J connectivity index is 2.82. The molecular weight excluding hydrogens is 282 g/mol. The standard InChI is InChI=1S/C13H16BrNO2/c1-11(12-6-3-2-4-7-12)15(8-5-9-16)13(17)10-14/h2-4,6-7,9,11H,5,8,10H2,1H3/t11-/m0/s1. The predicted molar refractivity (Wildman–Crippen MR) is 71.0 cm³/mol. The number of alkyl halides is 1. The van der Waals surface area contributed by atoms with Gasteiger partial charge in [-0.05, 0) is 12.5 Å². The molecule has 1 aromatic carbocycles. The van der Waals surface area contributed by atoms with E-state index in [1.807, 2.05) is 37.3 Å². The molecule has 0 saturated heterocycles. The van der Waals surface area contributed by atoms with Crippen molar-refractivity contribution in [2.24, 2.45) is 0 Å². The summed E-state index contributed by atoms with van der Waals surface area (Å²) in [6, 6.07) is 9.80. The molecule has 0 bridgehead atoms. The average Bonchev–Trinajstić information content (AvgIpc) is 2.39. The molecule has 1 rings (SSSR count). The van der Waals surface area contributed by atoms with Gasteiger partial charge in [0.15, 0.2) is 0 Å². The van der Waals surface area contributed by atoms with Crippen LogP contribution in [-0.2, 0) is 9.59 Å². The Labute approximate surface area is 110 Å². The molecule has 0 heterocycles. The van der Waals surface area contributed by atoms with Crippen LogP contribution >= 0.6 is 15.9 Å². The number of carbonyl (C=O) groups is 2. The highest BCUT2D eigenvalue weighted by Crippen LogP contribution is 2.20. The second-order valence-electron chi connectivity index (χ2n) is 3.76. The van der Waals surface area contributed by atoms with E-state index in [9.17, 15) is 9.59 Å². The van der Waals surface area contributed by atoms with Gasteiger partial charge in [0, 0.05) is 13.0 Å². The predicted octanol–water partition coefficient (Wildman–Crippen LogP) is 2.56. The smallest absolute Gasteiger partial charge is 0.233 e. The molecule has 0 aliphatic carbocycles. The summed E-state index contributed by atoms with van der Waals surface area (Å²) in [5, 5.41) is 0.281. The fraction of sp³-hybridized carbons (Fsp3) is 0.385. The first-order valence-electron chi connectivity index (χ1n) is 5.54. The molecule has 0 radical (unpaired) electrons. The van der Waals surface area contributed by atoms with Gasteiger partial charge in [0.25, 0.3) is 0 Å². The SMILES string of the molecule is C[C@@H](c1ccccc1)N(CCC=O)C(=O)CBr. The van der Waals surface area contributed by atoms with E-state index in [2.05, 4.69) is 15.9 Å². The van der Waals surface area contributed by atoms with Crippen LogP contribution in [0.4, 0.5) is 0 Å². The maximum Gasteiger partial charge on any atom is 0.233 e. The first-order valence-corrected chi connectivity index (χ1v) is 6.67. The number of carbonyl (C=O) groups excluding carboxylic acids is 2. The molecule has 0 aliphatic rings. The minimum absolute atomic E-state index is 0.00297. The minimum atomic E-state index is -0.0128. The summed E-state index contributed by atoms with van der Waals surface area (Å²) in [6.07, 6.45) is 1.21. The van der Waals surface area contributed by atoms with Gasteiger partial charge < -0.3 is 9.69 Å². The third-order valence-corrected chi connectivity index (χ3v) is 3.15. The third kappa shape index (κ3) is 3.97.